The molecule has 0 spiro atoms. The summed E-state index contributed by atoms with van der Waals surface area (Å²) in [6.45, 7) is 14.1. The van der Waals surface area contributed by atoms with Crippen LogP contribution in [0.2, 0.25) is 0 Å². The summed E-state index contributed by atoms with van der Waals surface area (Å²) in [5.74, 6) is 2.34. The molecule has 2 unspecified atom stereocenters. The zero-order valence-corrected chi connectivity index (χ0v) is 18.3. The number of ether oxygens (including phenoxy) is 2. The van der Waals surface area contributed by atoms with Gasteiger partial charge in [0.1, 0.15) is 11.5 Å². The van der Waals surface area contributed by atoms with Crippen molar-refractivity contribution in [2.45, 2.75) is 63.5 Å². The summed E-state index contributed by atoms with van der Waals surface area (Å²) in [7, 11) is -0.968. The third-order valence-corrected chi connectivity index (χ3v) is 11.6. The molecule has 2 aliphatic rings. The van der Waals surface area contributed by atoms with Crippen LogP contribution in [-0.4, -0.2) is 22.0 Å². The second-order valence-corrected chi connectivity index (χ2v) is 15.2. The molecule has 2 nitrogen and oxygen atoms in total. The minimum atomic E-state index is -0.484. The first kappa shape index (κ1) is 18.3. The summed E-state index contributed by atoms with van der Waals surface area (Å²) in [5.41, 5.74) is 0. The van der Waals surface area contributed by atoms with Crippen LogP contribution < -0.4 is 20.1 Å². The van der Waals surface area contributed by atoms with Crippen LogP contribution in [0, 0.1) is 0 Å². The fraction of sp³-hybridized carbons (Fsp3) is 0.455. The molecule has 2 aromatic rings. The molecule has 2 heterocycles. The summed E-state index contributed by atoms with van der Waals surface area (Å²) in [6.07, 6.45) is 0. The van der Waals surface area contributed by atoms with Crippen molar-refractivity contribution in [2.24, 2.45) is 0 Å². The van der Waals surface area contributed by atoms with Gasteiger partial charge in [-0.2, -0.15) is 0 Å². The second-order valence-electron chi connectivity index (χ2n) is 9.03. The molecule has 4 rings (SSSR count). The van der Waals surface area contributed by atoms with Gasteiger partial charge in [0.05, 0.1) is 0 Å². The maximum Gasteiger partial charge on any atom is 0.162 e. The van der Waals surface area contributed by atoms with E-state index in [1.165, 1.54) is 10.6 Å². The number of fused-ring (bicyclic) bond motifs is 2. The molecular formula is C22H28O2P2. The van der Waals surface area contributed by atoms with Crippen molar-refractivity contribution in [1.82, 2.24) is 0 Å². The molecule has 0 bridgehead atoms. The van der Waals surface area contributed by atoms with Gasteiger partial charge in [-0.3, -0.25) is 0 Å². The normalized spacial score (nSPS) is 27.5. The highest BCUT2D eigenvalue weighted by Crippen LogP contribution is 2.67. The first-order valence-corrected chi connectivity index (χ1v) is 12.1. The standard InChI is InChI=1S/C22H28O2P2/c1-21(2,3)25-17-13-9-7-11-15(17)23-19(25)20-24-16-12-8-10-14-18(16)26(20)22(4,5)6/h7-14,19-20H,1-6H3/t19?,20?,25-,26-/m0/s1. The number of hydrogen-bond donors (Lipinski definition) is 0. The molecular weight excluding hydrogens is 358 g/mol. The average molecular weight is 386 g/mol. The van der Waals surface area contributed by atoms with E-state index in [9.17, 15) is 0 Å². The maximum atomic E-state index is 6.61. The number of rotatable bonds is 1. The van der Waals surface area contributed by atoms with Crippen molar-refractivity contribution in [3.05, 3.63) is 48.5 Å². The lowest BCUT2D eigenvalue weighted by Crippen LogP contribution is -2.37. The maximum absolute atomic E-state index is 6.61. The molecule has 0 saturated heterocycles. The van der Waals surface area contributed by atoms with Gasteiger partial charge >= 0.3 is 0 Å². The Morgan fingerprint density at radius 2 is 0.962 bits per heavy atom. The predicted molar refractivity (Wildman–Crippen MR) is 114 cm³/mol. The van der Waals surface area contributed by atoms with Gasteiger partial charge in [0.2, 0.25) is 0 Å². The molecule has 0 aromatic heterocycles. The first-order chi connectivity index (χ1) is 12.2. The molecule has 26 heavy (non-hydrogen) atoms. The number of benzene rings is 2. The predicted octanol–water partition coefficient (Wildman–Crippen LogP) is 5.64. The molecule has 0 N–H and O–H groups in total. The van der Waals surface area contributed by atoms with Crippen molar-refractivity contribution < 1.29 is 9.47 Å². The molecule has 4 heteroatoms. The summed E-state index contributed by atoms with van der Waals surface area (Å²) in [6, 6.07) is 17.2. The Hall–Kier alpha value is -1.10. The average Bonchev–Trinajstić information content (AvgIpc) is 3.12. The van der Waals surface area contributed by atoms with E-state index in [4.69, 9.17) is 9.47 Å². The first-order valence-electron chi connectivity index (χ1n) is 9.28. The van der Waals surface area contributed by atoms with Crippen LogP contribution in [0.4, 0.5) is 0 Å². The molecule has 0 radical (unpaired) electrons. The Bertz CT molecular complexity index is 750. The molecule has 138 valence electrons. The van der Waals surface area contributed by atoms with E-state index >= 15 is 0 Å². The number of hydrogen-bond acceptors (Lipinski definition) is 2. The van der Waals surface area contributed by atoms with Gasteiger partial charge in [-0.05, 0) is 38.3 Å². The molecule has 0 saturated carbocycles. The fourth-order valence-electron chi connectivity index (χ4n) is 4.01. The van der Waals surface area contributed by atoms with Crippen LogP contribution in [0.1, 0.15) is 41.5 Å². The molecule has 2 aromatic carbocycles. The van der Waals surface area contributed by atoms with E-state index in [0.717, 1.165) is 11.5 Å². The smallest absolute Gasteiger partial charge is 0.162 e. The minimum absolute atomic E-state index is 0.111. The molecule has 0 amide bonds. The van der Waals surface area contributed by atoms with E-state index in [2.05, 4.69) is 90.1 Å². The zero-order chi connectivity index (χ0) is 18.7. The van der Waals surface area contributed by atoms with E-state index in [0.29, 0.717) is 0 Å². The SMILES string of the molecule is CC(C)(C)[P@@]1c2ccccc2OC1C1Oc2ccccc2[P@]1C(C)(C)C. The lowest BCUT2D eigenvalue weighted by atomic mass is 10.3. The monoisotopic (exact) mass is 386 g/mol. The van der Waals surface area contributed by atoms with Gasteiger partial charge in [-0.1, -0.05) is 77.9 Å². The van der Waals surface area contributed by atoms with E-state index in [1.54, 1.807) is 0 Å². The molecule has 4 atom stereocenters. The Morgan fingerprint density at radius 3 is 1.31 bits per heavy atom. The topological polar surface area (TPSA) is 18.5 Å². The van der Waals surface area contributed by atoms with Crippen LogP contribution in [0.15, 0.2) is 48.5 Å². The highest BCUT2D eigenvalue weighted by atomic mass is 31.1. The highest BCUT2D eigenvalue weighted by Gasteiger charge is 2.53. The van der Waals surface area contributed by atoms with E-state index < -0.39 is 15.8 Å². The van der Waals surface area contributed by atoms with E-state index in [-0.39, 0.29) is 22.0 Å². The van der Waals surface area contributed by atoms with Crippen LogP contribution in [0.25, 0.3) is 0 Å². The van der Waals surface area contributed by atoms with Gasteiger partial charge in [0.15, 0.2) is 11.7 Å². The van der Waals surface area contributed by atoms with Crippen LogP contribution in [0.5, 0.6) is 11.5 Å². The second kappa shape index (κ2) is 6.22. The van der Waals surface area contributed by atoms with Gasteiger partial charge in [0, 0.05) is 10.6 Å². The van der Waals surface area contributed by atoms with Crippen molar-refractivity contribution in [3.8, 4) is 11.5 Å². The summed E-state index contributed by atoms with van der Waals surface area (Å²) < 4.78 is 13.2. The lowest BCUT2D eigenvalue weighted by molar-refractivity contribution is 0.171. The Kier molecular flexibility index (Phi) is 4.37. The summed E-state index contributed by atoms with van der Waals surface area (Å²) in [5, 5.41) is 3.12. The third-order valence-electron chi connectivity index (χ3n) is 4.94. The quantitative estimate of drug-likeness (QED) is 0.591. The van der Waals surface area contributed by atoms with Crippen LogP contribution in [-0.2, 0) is 0 Å². The molecule has 0 fully saturated rings. The van der Waals surface area contributed by atoms with Gasteiger partial charge in [0.25, 0.3) is 0 Å². The molecule has 0 aliphatic carbocycles. The fourth-order valence-corrected chi connectivity index (χ4v) is 10.6. The largest absolute Gasteiger partial charge is 0.481 e. The Balaban J connectivity index is 1.80. The van der Waals surface area contributed by atoms with E-state index in [1.807, 2.05) is 0 Å². The molecule has 2 aliphatic heterocycles. The van der Waals surface area contributed by atoms with Crippen molar-refractivity contribution in [1.29, 1.82) is 0 Å². The summed E-state index contributed by atoms with van der Waals surface area (Å²) >= 11 is 0. The summed E-state index contributed by atoms with van der Waals surface area (Å²) in [4.78, 5) is 0. The zero-order valence-electron chi connectivity index (χ0n) is 16.5. The third kappa shape index (κ3) is 2.96. The van der Waals surface area contributed by atoms with Crippen molar-refractivity contribution in [3.63, 3.8) is 0 Å². The van der Waals surface area contributed by atoms with Gasteiger partial charge in [-0.15, -0.1) is 0 Å². The van der Waals surface area contributed by atoms with Gasteiger partial charge < -0.3 is 9.47 Å². The Labute approximate surface area is 159 Å². The minimum Gasteiger partial charge on any atom is -0.481 e. The van der Waals surface area contributed by atoms with Gasteiger partial charge in [-0.25, -0.2) is 0 Å². The Morgan fingerprint density at radius 1 is 0.615 bits per heavy atom. The van der Waals surface area contributed by atoms with Crippen molar-refractivity contribution in [2.75, 3.05) is 0 Å². The highest BCUT2D eigenvalue weighted by molar-refractivity contribution is 7.72. The van der Waals surface area contributed by atoms with Crippen LogP contribution >= 0.6 is 15.8 Å². The number of para-hydroxylation sites is 2. The lowest BCUT2D eigenvalue weighted by Gasteiger charge is -2.39. The van der Waals surface area contributed by atoms with Crippen LogP contribution in [0.3, 0.4) is 0 Å². The van der Waals surface area contributed by atoms with Crippen molar-refractivity contribution >= 4 is 26.5 Å².